The highest BCUT2D eigenvalue weighted by Gasteiger charge is 2.23. The summed E-state index contributed by atoms with van der Waals surface area (Å²) in [5, 5.41) is 13.2. The van der Waals surface area contributed by atoms with Gasteiger partial charge in [0.2, 0.25) is 0 Å². The highest BCUT2D eigenvalue weighted by molar-refractivity contribution is 7.16. The second kappa shape index (κ2) is 7.26. The van der Waals surface area contributed by atoms with Crippen LogP contribution in [0.15, 0.2) is 0 Å². The molecule has 2 heterocycles. The number of carbonyl (C=O) groups is 1. The molecule has 0 radical (unpaired) electrons. The Bertz CT molecular complexity index is 579. The normalized spacial score (nSPS) is 19.0. The van der Waals surface area contributed by atoms with Crippen molar-refractivity contribution in [3.8, 4) is 6.07 Å². The highest BCUT2D eigenvalue weighted by atomic mass is 32.1. The number of anilines is 1. The minimum Gasteiger partial charge on any atom is -0.327 e. The topological polar surface area (TPSA) is 57.3 Å². The molecule has 1 aromatic heterocycles. The van der Waals surface area contributed by atoms with Gasteiger partial charge in [0.15, 0.2) is 6.54 Å². The van der Waals surface area contributed by atoms with Gasteiger partial charge < -0.3 is 10.2 Å². The Balaban J connectivity index is 1.66. The minimum absolute atomic E-state index is 0.0620. The van der Waals surface area contributed by atoms with E-state index in [1.165, 1.54) is 47.4 Å². The zero-order valence-electron chi connectivity index (χ0n) is 13.0. The van der Waals surface area contributed by atoms with Crippen LogP contribution >= 0.6 is 11.3 Å². The Morgan fingerprint density at radius 1 is 1.14 bits per heavy atom. The number of quaternary nitrogens is 1. The molecule has 2 N–H and O–H groups in total. The van der Waals surface area contributed by atoms with E-state index in [1.54, 1.807) is 11.3 Å². The van der Waals surface area contributed by atoms with Gasteiger partial charge in [-0.15, -0.1) is 11.3 Å². The van der Waals surface area contributed by atoms with E-state index >= 15 is 0 Å². The van der Waals surface area contributed by atoms with Crippen molar-refractivity contribution in [2.75, 3.05) is 25.0 Å². The molecule has 1 aliphatic heterocycles. The van der Waals surface area contributed by atoms with Crippen LogP contribution in [0.25, 0.3) is 0 Å². The summed E-state index contributed by atoms with van der Waals surface area (Å²) in [5.41, 5.74) is 1.91. The lowest BCUT2D eigenvalue weighted by atomic mass is 9.96. The van der Waals surface area contributed by atoms with Gasteiger partial charge in [0.05, 0.1) is 18.7 Å². The number of hydrogen-bond donors (Lipinski definition) is 2. The Hall–Kier alpha value is -1.38. The van der Waals surface area contributed by atoms with Crippen molar-refractivity contribution in [3.05, 3.63) is 16.0 Å². The summed E-state index contributed by atoms with van der Waals surface area (Å²) in [7, 11) is 0. The molecule has 4 nitrogen and oxygen atoms in total. The third-order valence-electron chi connectivity index (χ3n) is 4.76. The van der Waals surface area contributed by atoms with E-state index in [1.807, 2.05) is 0 Å². The number of rotatable bonds is 3. The van der Waals surface area contributed by atoms with Gasteiger partial charge in [-0.25, -0.2) is 0 Å². The first-order valence-corrected chi connectivity index (χ1v) is 9.27. The average molecular weight is 318 g/mol. The maximum Gasteiger partial charge on any atom is 0.280 e. The lowest BCUT2D eigenvalue weighted by molar-refractivity contribution is -0.890. The van der Waals surface area contributed by atoms with Crippen molar-refractivity contribution >= 4 is 22.2 Å². The molecule has 0 bridgehead atoms. The highest BCUT2D eigenvalue weighted by Crippen LogP contribution is 2.37. The molecule has 2 aliphatic rings. The number of carbonyl (C=O) groups excluding carboxylic acids is 1. The van der Waals surface area contributed by atoms with Crippen LogP contribution in [-0.4, -0.2) is 25.5 Å². The molecular weight excluding hydrogens is 294 g/mol. The molecule has 1 saturated heterocycles. The fraction of sp³-hybridized carbons (Fsp3) is 0.647. The summed E-state index contributed by atoms with van der Waals surface area (Å²) in [4.78, 5) is 15.0. The fourth-order valence-corrected chi connectivity index (χ4v) is 4.83. The van der Waals surface area contributed by atoms with Crippen LogP contribution in [0.4, 0.5) is 5.00 Å². The largest absolute Gasteiger partial charge is 0.327 e. The number of nitrogens with one attached hydrogen (secondary N) is 2. The summed E-state index contributed by atoms with van der Waals surface area (Å²) in [6.07, 6.45) is 9.43. The Kier molecular flexibility index (Phi) is 5.12. The van der Waals surface area contributed by atoms with Gasteiger partial charge in [0.1, 0.15) is 11.1 Å². The molecule has 0 atom stereocenters. The van der Waals surface area contributed by atoms with Crippen LogP contribution in [0.2, 0.25) is 0 Å². The molecule has 0 aromatic carbocycles. The maximum absolute atomic E-state index is 12.3. The SMILES string of the molecule is N#Cc1c(NC(=O)C[NH+]2CCCCCC2)sc2c1CCCC2. The number of likely N-dealkylation sites (tertiary alicyclic amines) is 1. The number of amides is 1. The third-order valence-corrected chi connectivity index (χ3v) is 5.96. The van der Waals surface area contributed by atoms with Gasteiger partial charge >= 0.3 is 0 Å². The first-order valence-electron chi connectivity index (χ1n) is 8.46. The van der Waals surface area contributed by atoms with Crippen LogP contribution in [0.1, 0.15) is 54.5 Å². The quantitative estimate of drug-likeness (QED) is 0.894. The number of fused-ring (bicyclic) bond motifs is 1. The van der Waals surface area contributed by atoms with E-state index in [2.05, 4.69) is 11.4 Å². The fourth-order valence-electron chi connectivity index (χ4n) is 3.58. The zero-order chi connectivity index (χ0) is 15.4. The van der Waals surface area contributed by atoms with Crippen molar-refractivity contribution in [1.82, 2.24) is 0 Å². The van der Waals surface area contributed by atoms with E-state index in [0.717, 1.165) is 42.9 Å². The lowest BCUT2D eigenvalue weighted by Gasteiger charge is -2.16. The van der Waals surface area contributed by atoms with E-state index in [4.69, 9.17) is 0 Å². The van der Waals surface area contributed by atoms with Crippen LogP contribution in [0.3, 0.4) is 0 Å². The Morgan fingerprint density at radius 2 is 1.86 bits per heavy atom. The van der Waals surface area contributed by atoms with Crippen molar-refractivity contribution in [3.63, 3.8) is 0 Å². The number of nitriles is 1. The lowest BCUT2D eigenvalue weighted by Crippen LogP contribution is -3.12. The predicted molar refractivity (Wildman–Crippen MR) is 88.3 cm³/mol. The number of hydrogen-bond acceptors (Lipinski definition) is 3. The molecule has 1 aromatic rings. The van der Waals surface area contributed by atoms with Gasteiger partial charge in [-0.1, -0.05) is 0 Å². The molecule has 22 heavy (non-hydrogen) atoms. The number of nitrogens with zero attached hydrogens (tertiary/aromatic N) is 1. The summed E-state index contributed by atoms with van der Waals surface area (Å²) >= 11 is 1.62. The summed E-state index contributed by atoms with van der Waals surface area (Å²) in [6.45, 7) is 2.73. The molecule has 1 aliphatic carbocycles. The molecular formula is C17H24N3OS+. The van der Waals surface area contributed by atoms with Crippen molar-refractivity contribution in [2.24, 2.45) is 0 Å². The predicted octanol–water partition coefficient (Wildman–Crippen LogP) is 1.90. The monoisotopic (exact) mass is 318 g/mol. The second-order valence-corrected chi connectivity index (χ2v) is 7.52. The van der Waals surface area contributed by atoms with Gasteiger partial charge in [-0.05, 0) is 56.9 Å². The summed E-state index contributed by atoms with van der Waals surface area (Å²) in [5.74, 6) is 0.0620. The smallest absolute Gasteiger partial charge is 0.280 e. The molecule has 118 valence electrons. The van der Waals surface area contributed by atoms with Crippen molar-refractivity contribution < 1.29 is 9.69 Å². The number of aryl methyl sites for hydroxylation is 1. The Morgan fingerprint density at radius 3 is 2.59 bits per heavy atom. The molecule has 0 unspecified atom stereocenters. The van der Waals surface area contributed by atoms with E-state index < -0.39 is 0 Å². The first kappa shape index (κ1) is 15.5. The van der Waals surface area contributed by atoms with Crippen LogP contribution < -0.4 is 10.2 Å². The van der Waals surface area contributed by atoms with Crippen LogP contribution in [0.5, 0.6) is 0 Å². The molecule has 5 heteroatoms. The molecule has 0 spiro atoms. The van der Waals surface area contributed by atoms with E-state index in [9.17, 15) is 10.1 Å². The second-order valence-electron chi connectivity index (χ2n) is 6.42. The van der Waals surface area contributed by atoms with Crippen molar-refractivity contribution in [2.45, 2.75) is 51.4 Å². The van der Waals surface area contributed by atoms with Gasteiger partial charge in [-0.3, -0.25) is 4.79 Å². The van der Waals surface area contributed by atoms with Crippen molar-refractivity contribution in [1.29, 1.82) is 5.26 Å². The van der Waals surface area contributed by atoms with E-state index in [-0.39, 0.29) is 5.91 Å². The summed E-state index contributed by atoms with van der Waals surface area (Å²) in [6, 6.07) is 2.31. The van der Waals surface area contributed by atoms with Gasteiger partial charge in [-0.2, -0.15) is 5.26 Å². The van der Waals surface area contributed by atoms with Crippen LogP contribution in [0, 0.1) is 11.3 Å². The first-order chi connectivity index (χ1) is 10.8. The summed E-state index contributed by atoms with van der Waals surface area (Å²) < 4.78 is 0. The molecule has 1 amide bonds. The van der Waals surface area contributed by atoms with Gasteiger partial charge in [0.25, 0.3) is 5.91 Å². The Labute approximate surface area is 136 Å². The molecule has 1 fully saturated rings. The molecule has 3 rings (SSSR count). The van der Waals surface area contributed by atoms with Crippen LogP contribution in [-0.2, 0) is 17.6 Å². The third kappa shape index (κ3) is 3.50. The van der Waals surface area contributed by atoms with Gasteiger partial charge in [0, 0.05) is 4.88 Å². The zero-order valence-corrected chi connectivity index (χ0v) is 13.9. The molecule has 0 saturated carbocycles. The standard InChI is InChI=1S/C17H23N3OS/c18-11-14-13-7-3-4-8-15(13)22-17(14)19-16(21)12-20-9-5-1-2-6-10-20/h1-10,12H2,(H,19,21)/p+1. The minimum atomic E-state index is 0.0620. The van der Waals surface area contributed by atoms with E-state index in [0.29, 0.717) is 6.54 Å². The maximum atomic E-state index is 12.3. The average Bonchev–Trinajstić information content (AvgIpc) is 2.68. The number of thiophene rings is 1.